The van der Waals surface area contributed by atoms with Gasteiger partial charge < -0.3 is 40.3 Å². The summed E-state index contributed by atoms with van der Waals surface area (Å²) in [5.41, 5.74) is 16.1. The number of aromatic nitrogens is 10. The molecule has 2 unspecified atom stereocenters. The summed E-state index contributed by atoms with van der Waals surface area (Å²) in [6.07, 6.45) is 13.2. The molecule has 2 atom stereocenters. The zero-order valence-corrected chi connectivity index (χ0v) is 69.6. The zero-order chi connectivity index (χ0) is 75.2. The van der Waals surface area contributed by atoms with Gasteiger partial charge in [0, 0.05) is 56.3 Å². The summed E-state index contributed by atoms with van der Waals surface area (Å²) in [6.45, 7) is -0.200. The molecule has 3 amide bonds. The Morgan fingerprint density at radius 2 is 0.935 bits per heavy atom. The Kier molecular flexibility index (Phi) is 26.7. The zero-order valence-electron chi connectivity index (χ0n) is 58.1. The molecule has 13 aromatic rings. The molecule has 0 bridgehead atoms. The topological polar surface area (TPSA) is 238 Å². The molecule has 0 aliphatic heterocycles. The van der Waals surface area contributed by atoms with E-state index in [0.29, 0.717) is 47.3 Å². The van der Waals surface area contributed by atoms with Crippen molar-refractivity contribution in [3.8, 4) is 0 Å². The van der Waals surface area contributed by atoms with E-state index in [1.807, 2.05) is 138 Å². The number of alkyl carbamates (subject to hydrolysis) is 1. The van der Waals surface area contributed by atoms with Gasteiger partial charge in [0.2, 0.25) is 0 Å². The van der Waals surface area contributed by atoms with E-state index in [2.05, 4.69) is 149 Å². The Hall–Kier alpha value is -9.78. The molecule has 108 heavy (non-hydrogen) atoms. The second-order valence-electron chi connectivity index (χ2n) is 25.0. The molecular formula is C81H75Cl2F2I2InN14O6. The van der Waals surface area contributed by atoms with Crippen molar-refractivity contribution in [1.29, 1.82) is 0 Å². The normalized spacial score (nSPS) is 13.4. The number of hydrogen-bond acceptors (Lipinski definition) is 12. The standard InChI is InChI=1S/C38H32ClFN6O3.C26H21N5O2.C15H15ClFN3O.CHI2.CH4.In.2H/c1-45-22-30-29(35(45)36(47)42-28-17-19-32(40)31(39)21-28)18-20-33(30)43-37(48)49-23-34-41-24-46(44-34)38(25-11-5-2-6-12-25,26-13-7-3-8-14-26)27-15-9-4-10-16-27;32-25(30-17-16-27-19-30)33-18-24-28-20-31(29-24)26(21-10-4-1-5-11-21,22-12-6-2-7-13-22)23-14-8-3-9-15-23;1-20-7-10-9(3-5-13(10)18)14(20)15(21)19-8-2-4-12(17)11(16)6-8;2-1-3;;;;/h2-17,19,21-22,24,33H,18,20,23H2,1H3,(H,42,47)(H,43,48);1-17,19-20H,18H2;2,4,6-7,13H,3,5,18H2,1H3,(H,19,21);1H;1H4;;;. The number of hydrogen-bond donors (Lipinski definition) is 4. The second kappa shape index (κ2) is 36.4. The van der Waals surface area contributed by atoms with Crippen LogP contribution < -0.4 is 21.7 Å². The summed E-state index contributed by atoms with van der Waals surface area (Å²) in [7, 11) is 3.58. The maximum atomic E-state index is 13.6. The van der Waals surface area contributed by atoms with Crippen LogP contribution in [0.25, 0.3) is 0 Å². The molecule has 5 aromatic heterocycles. The predicted octanol–water partition coefficient (Wildman–Crippen LogP) is 16.3. The Morgan fingerprint density at radius 1 is 0.565 bits per heavy atom. The van der Waals surface area contributed by atoms with E-state index >= 15 is 0 Å². The van der Waals surface area contributed by atoms with Crippen LogP contribution >= 0.6 is 68.4 Å². The van der Waals surface area contributed by atoms with E-state index in [1.54, 1.807) is 28.8 Å². The number of ether oxygens (including phenoxy) is 2. The third-order valence-corrected chi connectivity index (χ3v) is 18.7. The molecule has 0 saturated carbocycles. The number of aryl methyl sites for hydroxylation is 2. The van der Waals surface area contributed by atoms with Crippen molar-refractivity contribution in [1.82, 2.24) is 53.5 Å². The molecule has 0 spiro atoms. The van der Waals surface area contributed by atoms with E-state index in [1.165, 1.54) is 59.7 Å². The first-order valence-corrected chi connectivity index (χ1v) is 40.5. The summed E-state index contributed by atoms with van der Waals surface area (Å²) < 4.78 is 47.1. The van der Waals surface area contributed by atoms with Crippen LogP contribution in [-0.4, -0.2) is 96.3 Å². The van der Waals surface area contributed by atoms with Gasteiger partial charge >= 0.3 is 81.4 Å². The number of anilines is 2. The van der Waals surface area contributed by atoms with Crippen molar-refractivity contribution in [3.05, 3.63) is 363 Å². The van der Waals surface area contributed by atoms with Crippen molar-refractivity contribution < 1.29 is 37.4 Å². The van der Waals surface area contributed by atoms with Crippen LogP contribution in [0.4, 0.5) is 29.7 Å². The van der Waals surface area contributed by atoms with Crippen molar-refractivity contribution in [2.45, 2.75) is 69.2 Å². The van der Waals surface area contributed by atoms with E-state index in [0.717, 1.165) is 92.5 Å². The Labute approximate surface area is 675 Å². The molecular weight excluding hydrogens is 1740 g/mol. The average molecular weight is 1820 g/mol. The summed E-state index contributed by atoms with van der Waals surface area (Å²) in [5, 5.41) is 18.0. The fraction of sp³-hybridized carbons (Fsp3) is 0.173. The average Bonchev–Trinajstić information content (AvgIpc) is 1.04. The Morgan fingerprint density at radius 3 is 1.31 bits per heavy atom. The number of amides is 3. The van der Waals surface area contributed by atoms with Crippen molar-refractivity contribution in [2.75, 3.05) is 10.6 Å². The SMILES string of the molecule is C.Cn1cc2c(c1C(=O)Nc1ccc(F)c(Cl)c1)CCC2N.Cn1cc2c(c1C(=O)Nc1ccc(F)c(Cl)c1)CCC2NC(=O)OCc1ncn(C(c2ccccc2)(c2ccccc2)c2ccccc2)n1.O=C(OCc1ncn(C(c2ccccc2)(c2ccccc2)c2ccccc2)n1)n1ccnc1.[InH2][CH](I)I. The van der Waals surface area contributed by atoms with Crippen LogP contribution in [0.3, 0.4) is 0 Å². The van der Waals surface area contributed by atoms with Crippen LogP contribution in [-0.2, 0) is 60.7 Å². The number of carbonyl (C=O) groups is 4. The third-order valence-electron chi connectivity index (χ3n) is 18.2. The first kappa shape index (κ1) is 79.3. The molecule has 20 nitrogen and oxygen atoms in total. The molecule has 2 aliphatic rings. The van der Waals surface area contributed by atoms with E-state index in [-0.39, 0.29) is 54.6 Å². The van der Waals surface area contributed by atoms with Crippen LogP contribution in [0, 0.1) is 11.6 Å². The van der Waals surface area contributed by atoms with Gasteiger partial charge in [0.15, 0.2) is 24.9 Å². The number of benzene rings is 8. The number of imidazole rings is 1. The van der Waals surface area contributed by atoms with Crippen LogP contribution in [0.2, 0.25) is 10.0 Å². The summed E-state index contributed by atoms with van der Waals surface area (Å²) >= 11 is 17.4. The molecule has 8 aromatic carbocycles. The number of carbonyl (C=O) groups excluding carboxylic acids is 4. The maximum absolute atomic E-state index is 13.6. The van der Waals surface area contributed by atoms with E-state index in [4.69, 9.17) is 48.6 Å². The van der Waals surface area contributed by atoms with Gasteiger partial charge in [-0.05, 0) is 118 Å². The number of fused-ring (bicyclic) bond motifs is 2. The summed E-state index contributed by atoms with van der Waals surface area (Å²) in [6, 6.07) is 68.7. The van der Waals surface area contributed by atoms with E-state index < -0.39 is 34.9 Å². The first-order valence-electron chi connectivity index (χ1n) is 34.0. The molecule has 0 saturated heterocycles. The minimum absolute atomic E-state index is 0. The van der Waals surface area contributed by atoms with Gasteiger partial charge in [-0.2, -0.15) is 10.2 Å². The molecule has 5 heterocycles. The summed E-state index contributed by atoms with van der Waals surface area (Å²) in [4.78, 5) is 63.7. The summed E-state index contributed by atoms with van der Waals surface area (Å²) in [5.74, 6) is -0.932. The van der Waals surface area contributed by atoms with Gasteiger partial charge in [0.25, 0.3) is 11.8 Å². The number of nitrogens with zero attached hydrogens (tertiary/aromatic N) is 10. The monoisotopic (exact) mass is 1820 g/mol. The van der Waals surface area contributed by atoms with Gasteiger partial charge in [0.05, 0.1) is 16.1 Å². The van der Waals surface area contributed by atoms with Gasteiger partial charge in [-0.25, -0.2) is 47.3 Å². The molecule has 0 fully saturated rings. The number of nitrogens with one attached hydrogen (secondary N) is 3. The molecule has 15 rings (SSSR count). The van der Waals surface area contributed by atoms with Gasteiger partial charge in [-0.1, -0.05) is 213 Å². The molecule has 550 valence electrons. The fourth-order valence-corrected chi connectivity index (χ4v) is 13.9. The van der Waals surface area contributed by atoms with Crippen LogP contribution in [0.5, 0.6) is 0 Å². The van der Waals surface area contributed by atoms with Gasteiger partial charge in [-0.15, -0.1) is 0 Å². The second-order valence-corrected chi connectivity index (χ2v) is 48.7. The Balaban J connectivity index is 0.000000169. The number of nitrogens with two attached hydrogens (primary N) is 1. The van der Waals surface area contributed by atoms with Crippen LogP contribution in [0.1, 0.15) is 121 Å². The number of halogens is 6. The van der Waals surface area contributed by atoms with Crippen LogP contribution in [0.15, 0.2) is 262 Å². The third kappa shape index (κ3) is 17.8. The first-order chi connectivity index (χ1) is 51.8. The Bertz CT molecular complexity index is 5000. The quantitative estimate of drug-likeness (QED) is 0.0378. The van der Waals surface area contributed by atoms with Crippen molar-refractivity contribution in [3.63, 3.8) is 0 Å². The van der Waals surface area contributed by atoms with E-state index in [9.17, 15) is 28.0 Å². The number of rotatable bonds is 17. The fourth-order valence-electron chi connectivity index (χ4n) is 13.5. The molecule has 5 N–H and O–H groups in total. The van der Waals surface area contributed by atoms with Crippen molar-refractivity contribution >= 4 is 128 Å². The van der Waals surface area contributed by atoms with Crippen molar-refractivity contribution in [2.24, 2.45) is 19.8 Å². The molecule has 27 heteroatoms. The predicted molar refractivity (Wildman–Crippen MR) is 433 cm³/mol. The minimum atomic E-state index is -0.836. The molecule has 0 radical (unpaired) electrons. The number of alkyl halides is 2. The van der Waals surface area contributed by atoms with Gasteiger partial charge in [-0.3, -0.25) is 9.59 Å². The van der Waals surface area contributed by atoms with Gasteiger partial charge in [0.1, 0.15) is 53.1 Å². The molecule has 2 aliphatic carbocycles.